The number of hydrogen-bond acceptors (Lipinski definition) is 2. The van der Waals surface area contributed by atoms with Gasteiger partial charge >= 0.3 is 5.97 Å². The Hall–Kier alpha value is -0.710. The summed E-state index contributed by atoms with van der Waals surface area (Å²) in [6.45, 7) is 1.27. The molecule has 0 aromatic heterocycles. The maximum absolute atomic E-state index is 12.9. The Balaban J connectivity index is 2.31. The third kappa shape index (κ3) is 4.00. The third-order valence-corrected chi connectivity index (χ3v) is 2.45. The first-order chi connectivity index (χ1) is 6.49. The lowest BCUT2D eigenvalue weighted by Gasteiger charge is -2.18. The molecule has 1 N–H and O–H groups in total. The molecule has 0 amide bonds. The van der Waals surface area contributed by atoms with Crippen LogP contribution < -0.4 is 0 Å². The molecule has 0 atom stereocenters. The first-order valence-electron chi connectivity index (χ1n) is 4.82. The van der Waals surface area contributed by atoms with E-state index in [2.05, 4.69) is 0 Å². The van der Waals surface area contributed by atoms with Gasteiger partial charge < -0.3 is 10.0 Å². The summed E-state index contributed by atoms with van der Waals surface area (Å²) in [7, 11) is 0. The highest BCUT2D eigenvalue weighted by molar-refractivity contribution is 5.66. The number of halogens is 2. The molecule has 1 aliphatic rings. The zero-order valence-corrected chi connectivity index (χ0v) is 8.01. The molecule has 1 heterocycles. The van der Waals surface area contributed by atoms with Crippen LogP contribution in [-0.2, 0) is 4.79 Å². The second kappa shape index (κ2) is 4.68. The summed E-state index contributed by atoms with van der Waals surface area (Å²) in [4.78, 5) is 12.1. The van der Waals surface area contributed by atoms with Crippen LogP contribution in [0.1, 0.15) is 25.7 Å². The minimum absolute atomic E-state index is 0.0333. The van der Waals surface area contributed by atoms with Crippen molar-refractivity contribution in [3.63, 3.8) is 0 Å². The molecule has 1 rings (SSSR count). The fourth-order valence-corrected chi connectivity index (χ4v) is 1.60. The van der Waals surface area contributed by atoms with E-state index in [1.54, 1.807) is 4.90 Å². The molecule has 0 aromatic rings. The Labute approximate surface area is 81.7 Å². The van der Waals surface area contributed by atoms with E-state index >= 15 is 0 Å². The quantitative estimate of drug-likeness (QED) is 0.763. The predicted molar refractivity (Wildman–Crippen MR) is 47.5 cm³/mol. The maximum Gasteiger partial charge on any atom is 0.304 e. The molecular formula is C9H15F2NO2. The Morgan fingerprint density at radius 2 is 2.07 bits per heavy atom. The zero-order chi connectivity index (χ0) is 10.6. The molecular weight excluding hydrogens is 192 g/mol. The number of alkyl halides is 2. The summed E-state index contributed by atoms with van der Waals surface area (Å²) in [6, 6.07) is 0. The molecule has 1 fully saturated rings. The van der Waals surface area contributed by atoms with E-state index in [0.717, 1.165) is 0 Å². The molecule has 5 heteroatoms. The van der Waals surface area contributed by atoms with Crippen molar-refractivity contribution >= 4 is 5.97 Å². The van der Waals surface area contributed by atoms with Crippen molar-refractivity contribution in [2.75, 3.05) is 19.6 Å². The number of hydrogen-bond donors (Lipinski definition) is 1. The van der Waals surface area contributed by atoms with E-state index in [1.165, 1.54) is 0 Å². The number of carboxylic acid groups (broad SMARTS) is 1. The lowest BCUT2D eigenvalue weighted by molar-refractivity contribution is -0.137. The smallest absolute Gasteiger partial charge is 0.304 e. The Kier molecular flexibility index (Phi) is 3.80. The van der Waals surface area contributed by atoms with E-state index in [0.29, 0.717) is 26.1 Å². The van der Waals surface area contributed by atoms with Crippen LogP contribution in [0.15, 0.2) is 0 Å². The molecule has 0 aromatic carbocycles. The molecule has 0 radical (unpaired) electrons. The van der Waals surface area contributed by atoms with Crippen molar-refractivity contribution in [1.29, 1.82) is 0 Å². The molecule has 0 aliphatic carbocycles. The number of aliphatic carboxylic acids is 1. The van der Waals surface area contributed by atoms with Crippen molar-refractivity contribution in [3.05, 3.63) is 0 Å². The normalized spacial score (nSPS) is 23.0. The van der Waals surface area contributed by atoms with Gasteiger partial charge in [-0.05, 0) is 13.0 Å². The summed E-state index contributed by atoms with van der Waals surface area (Å²) < 4.78 is 25.8. The average Bonchev–Trinajstić information content (AvgIpc) is 2.23. The van der Waals surface area contributed by atoms with Crippen LogP contribution in [0.2, 0.25) is 0 Å². The van der Waals surface area contributed by atoms with Gasteiger partial charge in [0.05, 0.1) is 6.42 Å². The first-order valence-corrected chi connectivity index (χ1v) is 4.82. The third-order valence-electron chi connectivity index (χ3n) is 2.45. The number of carbonyl (C=O) groups is 1. The second-order valence-electron chi connectivity index (χ2n) is 3.69. The van der Waals surface area contributed by atoms with Gasteiger partial charge in [-0.2, -0.15) is 0 Å². The Bertz CT molecular complexity index is 209. The van der Waals surface area contributed by atoms with Crippen LogP contribution in [0.4, 0.5) is 8.78 Å². The van der Waals surface area contributed by atoms with Gasteiger partial charge in [0.1, 0.15) is 0 Å². The van der Waals surface area contributed by atoms with Crippen molar-refractivity contribution in [3.8, 4) is 0 Å². The molecule has 0 saturated carbocycles. The van der Waals surface area contributed by atoms with Gasteiger partial charge in [0, 0.05) is 25.9 Å². The molecule has 1 aliphatic heterocycles. The van der Waals surface area contributed by atoms with Crippen LogP contribution in [0.5, 0.6) is 0 Å². The molecule has 82 valence electrons. The highest BCUT2D eigenvalue weighted by Gasteiger charge is 2.31. The number of carboxylic acids is 1. The summed E-state index contributed by atoms with van der Waals surface area (Å²) in [5.41, 5.74) is 0. The number of likely N-dealkylation sites (tertiary alicyclic amines) is 1. The molecule has 1 saturated heterocycles. The van der Waals surface area contributed by atoms with Crippen LogP contribution in [0.3, 0.4) is 0 Å². The van der Waals surface area contributed by atoms with E-state index in [-0.39, 0.29) is 19.3 Å². The minimum Gasteiger partial charge on any atom is -0.481 e. The monoisotopic (exact) mass is 207 g/mol. The summed E-state index contributed by atoms with van der Waals surface area (Å²) in [5, 5.41) is 8.44. The van der Waals surface area contributed by atoms with Crippen LogP contribution >= 0.6 is 0 Å². The maximum atomic E-state index is 12.9. The zero-order valence-electron chi connectivity index (χ0n) is 8.01. The highest BCUT2D eigenvalue weighted by Crippen LogP contribution is 2.27. The van der Waals surface area contributed by atoms with Gasteiger partial charge in [0.15, 0.2) is 0 Å². The number of rotatable bonds is 3. The van der Waals surface area contributed by atoms with Crippen molar-refractivity contribution < 1.29 is 18.7 Å². The molecule has 0 bridgehead atoms. The average molecular weight is 207 g/mol. The fraction of sp³-hybridized carbons (Fsp3) is 0.889. The SMILES string of the molecule is O=C(O)CCN1CCCC(F)(F)CC1. The van der Waals surface area contributed by atoms with Gasteiger partial charge in [-0.15, -0.1) is 0 Å². The van der Waals surface area contributed by atoms with Crippen molar-refractivity contribution in [2.45, 2.75) is 31.6 Å². The lowest BCUT2D eigenvalue weighted by atomic mass is 10.1. The van der Waals surface area contributed by atoms with Gasteiger partial charge in [0.25, 0.3) is 0 Å². The Morgan fingerprint density at radius 1 is 1.36 bits per heavy atom. The van der Waals surface area contributed by atoms with Crippen LogP contribution in [0.25, 0.3) is 0 Å². The fourth-order valence-electron chi connectivity index (χ4n) is 1.60. The molecule has 3 nitrogen and oxygen atoms in total. The van der Waals surface area contributed by atoms with Crippen molar-refractivity contribution in [2.24, 2.45) is 0 Å². The lowest BCUT2D eigenvalue weighted by Crippen LogP contribution is -2.28. The minimum atomic E-state index is -2.56. The standard InChI is InChI=1S/C9H15F2NO2/c10-9(11)3-1-5-12(7-4-9)6-2-8(13)14/h1-7H2,(H,13,14). The van der Waals surface area contributed by atoms with Gasteiger partial charge in [0.2, 0.25) is 5.92 Å². The van der Waals surface area contributed by atoms with E-state index < -0.39 is 11.9 Å². The largest absolute Gasteiger partial charge is 0.481 e. The summed E-state index contributed by atoms with van der Waals surface area (Å²) in [6.07, 6.45) is 0.265. The molecule has 0 unspecified atom stereocenters. The van der Waals surface area contributed by atoms with Gasteiger partial charge in [-0.25, -0.2) is 8.78 Å². The number of nitrogens with zero attached hydrogens (tertiary/aromatic N) is 1. The second-order valence-corrected chi connectivity index (χ2v) is 3.69. The molecule has 0 spiro atoms. The predicted octanol–water partition coefficient (Wildman–Crippen LogP) is 1.58. The van der Waals surface area contributed by atoms with Crippen molar-refractivity contribution in [1.82, 2.24) is 4.90 Å². The van der Waals surface area contributed by atoms with E-state index in [4.69, 9.17) is 5.11 Å². The first kappa shape index (κ1) is 11.4. The van der Waals surface area contributed by atoms with E-state index in [9.17, 15) is 13.6 Å². The van der Waals surface area contributed by atoms with E-state index in [1.807, 2.05) is 0 Å². The topological polar surface area (TPSA) is 40.5 Å². The summed E-state index contributed by atoms with van der Waals surface area (Å²) in [5.74, 6) is -3.43. The highest BCUT2D eigenvalue weighted by atomic mass is 19.3. The van der Waals surface area contributed by atoms with Crippen LogP contribution in [-0.4, -0.2) is 41.5 Å². The van der Waals surface area contributed by atoms with Gasteiger partial charge in [-0.3, -0.25) is 4.79 Å². The van der Waals surface area contributed by atoms with Crippen LogP contribution in [0, 0.1) is 0 Å². The van der Waals surface area contributed by atoms with Gasteiger partial charge in [-0.1, -0.05) is 0 Å². The summed E-state index contributed by atoms with van der Waals surface area (Å²) >= 11 is 0. The molecule has 14 heavy (non-hydrogen) atoms. The Morgan fingerprint density at radius 3 is 2.71 bits per heavy atom.